The predicted molar refractivity (Wildman–Crippen MR) is 122 cm³/mol. The minimum atomic E-state index is -3.92. The van der Waals surface area contributed by atoms with Gasteiger partial charge in [0, 0.05) is 12.1 Å². The number of rotatable bonds is 9. The van der Waals surface area contributed by atoms with Crippen LogP contribution in [0.25, 0.3) is 0 Å². The Morgan fingerprint density at radius 3 is 2.39 bits per heavy atom. The summed E-state index contributed by atoms with van der Waals surface area (Å²) in [5, 5.41) is 2.81. The molecule has 0 atom stereocenters. The van der Waals surface area contributed by atoms with Crippen LogP contribution in [0, 0.1) is 6.92 Å². The standard InChI is InChI=1S/C24H26N2O4S/c1-3-30-23-15-8-7-11-20(23)17-25-24(27)18-26(21-12-9-10-19(2)16-21)31(28,29)22-13-5-4-6-14-22/h4-16H,3,17-18H2,1-2H3,(H,25,27). The second kappa shape index (κ2) is 10.1. The van der Waals surface area contributed by atoms with E-state index in [1.807, 2.05) is 44.2 Å². The number of benzene rings is 3. The third kappa shape index (κ3) is 5.64. The Hall–Kier alpha value is -3.32. The molecule has 0 saturated carbocycles. The first kappa shape index (κ1) is 22.4. The number of nitrogens with zero attached hydrogens (tertiary/aromatic N) is 1. The van der Waals surface area contributed by atoms with Crippen LogP contribution in [0.15, 0.2) is 83.8 Å². The second-order valence-corrected chi connectivity index (χ2v) is 8.84. The Bertz CT molecular complexity index is 1130. The zero-order chi connectivity index (χ0) is 22.3. The summed E-state index contributed by atoms with van der Waals surface area (Å²) in [6.07, 6.45) is 0. The van der Waals surface area contributed by atoms with Crippen LogP contribution in [0.3, 0.4) is 0 Å². The van der Waals surface area contributed by atoms with Crippen molar-refractivity contribution in [3.8, 4) is 5.75 Å². The fourth-order valence-electron chi connectivity index (χ4n) is 3.14. The molecule has 3 aromatic carbocycles. The van der Waals surface area contributed by atoms with Gasteiger partial charge < -0.3 is 10.1 Å². The van der Waals surface area contributed by atoms with Crippen molar-refractivity contribution < 1.29 is 17.9 Å². The zero-order valence-electron chi connectivity index (χ0n) is 17.6. The lowest BCUT2D eigenvalue weighted by atomic mass is 10.2. The summed E-state index contributed by atoms with van der Waals surface area (Å²) >= 11 is 0. The fourth-order valence-corrected chi connectivity index (χ4v) is 4.58. The van der Waals surface area contributed by atoms with E-state index in [0.29, 0.717) is 18.0 Å². The van der Waals surface area contributed by atoms with E-state index in [4.69, 9.17) is 4.74 Å². The Morgan fingerprint density at radius 1 is 0.968 bits per heavy atom. The number of nitrogens with one attached hydrogen (secondary N) is 1. The molecule has 0 aliphatic heterocycles. The molecule has 1 N–H and O–H groups in total. The van der Waals surface area contributed by atoms with Crippen LogP contribution in [0.2, 0.25) is 0 Å². The van der Waals surface area contributed by atoms with Crippen molar-refractivity contribution in [2.75, 3.05) is 17.5 Å². The van der Waals surface area contributed by atoms with Crippen LogP contribution in [0.1, 0.15) is 18.1 Å². The first-order valence-electron chi connectivity index (χ1n) is 10.0. The number of para-hydroxylation sites is 1. The highest BCUT2D eigenvalue weighted by Crippen LogP contribution is 2.24. The second-order valence-electron chi connectivity index (χ2n) is 6.98. The van der Waals surface area contributed by atoms with E-state index in [1.165, 1.54) is 12.1 Å². The van der Waals surface area contributed by atoms with Crippen LogP contribution in [0.4, 0.5) is 5.69 Å². The summed E-state index contributed by atoms with van der Waals surface area (Å²) in [5.41, 5.74) is 2.16. The first-order chi connectivity index (χ1) is 14.9. The molecule has 0 unspecified atom stereocenters. The lowest BCUT2D eigenvalue weighted by Gasteiger charge is -2.24. The van der Waals surface area contributed by atoms with Crippen LogP contribution < -0.4 is 14.4 Å². The number of hydrogen-bond donors (Lipinski definition) is 1. The van der Waals surface area contributed by atoms with E-state index in [-0.39, 0.29) is 18.0 Å². The molecule has 6 nitrogen and oxygen atoms in total. The lowest BCUT2D eigenvalue weighted by Crippen LogP contribution is -2.40. The van der Waals surface area contributed by atoms with E-state index in [0.717, 1.165) is 15.4 Å². The lowest BCUT2D eigenvalue weighted by molar-refractivity contribution is -0.119. The van der Waals surface area contributed by atoms with Gasteiger partial charge in [-0.3, -0.25) is 9.10 Å². The van der Waals surface area contributed by atoms with Gasteiger partial charge >= 0.3 is 0 Å². The van der Waals surface area contributed by atoms with E-state index in [2.05, 4.69) is 5.32 Å². The van der Waals surface area contributed by atoms with Gasteiger partial charge in [-0.2, -0.15) is 0 Å². The SMILES string of the molecule is CCOc1ccccc1CNC(=O)CN(c1cccc(C)c1)S(=O)(=O)c1ccccc1. The van der Waals surface area contributed by atoms with Gasteiger partial charge in [-0.05, 0) is 49.7 Å². The van der Waals surface area contributed by atoms with Crippen LogP contribution in [-0.4, -0.2) is 27.5 Å². The topological polar surface area (TPSA) is 75.7 Å². The molecule has 0 aliphatic rings. The van der Waals surface area contributed by atoms with Gasteiger partial charge in [-0.1, -0.05) is 48.5 Å². The molecule has 1 amide bonds. The van der Waals surface area contributed by atoms with Crippen molar-refractivity contribution in [3.63, 3.8) is 0 Å². The van der Waals surface area contributed by atoms with Crippen molar-refractivity contribution in [2.24, 2.45) is 0 Å². The quantitative estimate of drug-likeness (QED) is 0.550. The largest absolute Gasteiger partial charge is 0.494 e. The molecule has 0 spiro atoms. The van der Waals surface area contributed by atoms with Crippen LogP contribution >= 0.6 is 0 Å². The molecule has 0 bridgehead atoms. The average Bonchev–Trinajstić information content (AvgIpc) is 2.77. The third-order valence-corrected chi connectivity index (χ3v) is 6.44. The molecule has 3 rings (SSSR count). The summed E-state index contributed by atoms with van der Waals surface area (Å²) in [6.45, 7) is 4.19. The van der Waals surface area contributed by atoms with Gasteiger partial charge in [0.1, 0.15) is 12.3 Å². The van der Waals surface area contributed by atoms with E-state index < -0.39 is 15.9 Å². The van der Waals surface area contributed by atoms with Gasteiger partial charge in [0.05, 0.1) is 17.2 Å². The minimum Gasteiger partial charge on any atom is -0.494 e. The van der Waals surface area contributed by atoms with Crippen molar-refractivity contribution in [2.45, 2.75) is 25.3 Å². The van der Waals surface area contributed by atoms with E-state index in [9.17, 15) is 13.2 Å². The van der Waals surface area contributed by atoms with Gasteiger partial charge in [-0.15, -0.1) is 0 Å². The summed E-state index contributed by atoms with van der Waals surface area (Å²) in [6, 6.07) is 22.6. The molecule has 0 radical (unpaired) electrons. The number of anilines is 1. The molecule has 0 aromatic heterocycles. The number of sulfonamides is 1. The maximum absolute atomic E-state index is 13.3. The highest BCUT2D eigenvalue weighted by molar-refractivity contribution is 7.92. The molecule has 0 saturated heterocycles. The predicted octanol–water partition coefficient (Wildman–Crippen LogP) is 3.91. The van der Waals surface area contributed by atoms with Crippen molar-refractivity contribution >= 4 is 21.6 Å². The molecular formula is C24H26N2O4S. The number of hydrogen-bond acceptors (Lipinski definition) is 4. The van der Waals surface area contributed by atoms with Gasteiger partial charge in [0.25, 0.3) is 10.0 Å². The van der Waals surface area contributed by atoms with Crippen LogP contribution in [-0.2, 0) is 21.4 Å². The molecular weight excluding hydrogens is 412 g/mol. The van der Waals surface area contributed by atoms with Crippen LogP contribution in [0.5, 0.6) is 5.75 Å². The Balaban J connectivity index is 1.83. The first-order valence-corrected chi connectivity index (χ1v) is 11.5. The number of carbonyl (C=O) groups excluding carboxylic acids is 1. The van der Waals surface area contributed by atoms with Gasteiger partial charge in [0.15, 0.2) is 0 Å². The Morgan fingerprint density at radius 2 is 1.68 bits per heavy atom. The smallest absolute Gasteiger partial charge is 0.264 e. The molecule has 0 aliphatic carbocycles. The number of aryl methyl sites for hydroxylation is 1. The summed E-state index contributed by atoms with van der Waals surface area (Å²) < 4.78 is 33.4. The monoisotopic (exact) mass is 438 g/mol. The molecule has 0 heterocycles. The highest BCUT2D eigenvalue weighted by atomic mass is 32.2. The Labute approximate surface area is 183 Å². The van der Waals surface area contributed by atoms with Gasteiger partial charge in [0.2, 0.25) is 5.91 Å². The summed E-state index contributed by atoms with van der Waals surface area (Å²) in [7, 11) is -3.92. The maximum Gasteiger partial charge on any atom is 0.264 e. The fraction of sp³-hybridized carbons (Fsp3) is 0.208. The third-order valence-electron chi connectivity index (χ3n) is 4.66. The molecule has 3 aromatic rings. The van der Waals surface area contributed by atoms with E-state index in [1.54, 1.807) is 36.4 Å². The number of amides is 1. The number of ether oxygens (including phenoxy) is 1. The maximum atomic E-state index is 13.3. The van der Waals surface area contributed by atoms with Crippen molar-refractivity contribution in [1.82, 2.24) is 5.32 Å². The Kier molecular flexibility index (Phi) is 7.31. The zero-order valence-corrected chi connectivity index (χ0v) is 18.4. The number of carbonyl (C=O) groups is 1. The summed E-state index contributed by atoms with van der Waals surface area (Å²) in [5.74, 6) is 0.282. The molecule has 7 heteroatoms. The minimum absolute atomic E-state index is 0.131. The summed E-state index contributed by atoms with van der Waals surface area (Å²) in [4.78, 5) is 12.9. The normalized spacial score (nSPS) is 11.0. The highest BCUT2D eigenvalue weighted by Gasteiger charge is 2.27. The average molecular weight is 439 g/mol. The molecule has 0 fully saturated rings. The van der Waals surface area contributed by atoms with Gasteiger partial charge in [-0.25, -0.2) is 8.42 Å². The molecule has 31 heavy (non-hydrogen) atoms. The van der Waals surface area contributed by atoms with E-state index >= 15 is 0 Å². The molecule has 162 valence electrons. The van der Waals surface area contributed by atoms with Crippen molar-refractivity contribution in [3.05, 3.63) is 90.0 Å². The van der Waals surface area contributed by atoms with Crippen molar-refractivity contribution in [1.29, 1.82) is 0 Å².